The van der Waals surface area contributed by atoms with Gasteiger partial charge in [-0.25, -0.2) is 0 Å². The Kier molecular flexibility index (Phi) is 11.1. The van der Waals surface area contributed by atoms with Gasteiger partial charge < -0.3 is 5.11 Å². The summed E-state index contributed by atoms with van der Waals surface area (Å²) < 4.78 is 0. The summed E-state index contributed by atoms with van der Waals surface area (Å²) in [6.45, 7) is 2.23. The van der Waals surface area contributed by atoms with Crippen molar-refractivity contribution in [3.63, 3.8) is 0 Å². The molecule has 0 heterocycles. The van der Waals surface area contributed by atoms with E-state index in [0.29, 0.717) is 6.42 Å². The van der Waals surface area contributed by atoms with Crippen LogP contribution in [0.1, 0.15) is 71.1 Å². The van der Waals surface area contributed by atoms with Crippen LogP contribution < -0.4 is 0 Å². The number of unbranched alkanes of at least 4 members (excludes halogenated alkanes) is 8. The van der Waals surface area contributed by atoms with Crippen LogP contribution >= 0.6 is 11.6 Å². The third-order valence-electron chi connectivity index (χ3n) is 2.83. The lowest BCUT2D eigenvalue weighted by atomic mass is 10.1. The summed E-state index contributed by atoms with van der Waals surface area (Å²) in [4.78, 5) is 10.4. The molecule has 0 aliphatic heterocycles. The van der Waals surface area contributed by atoms with Gasteiger partial charge in [0.1, 0.15) is 5.38 Å². The fourth-order valence-corrected chi connectivity index (χ4v) is 1.91. The lowest BCUT2D eigenvalue weighted by molar-refractivity contribution is -0.136. The topological polar surface area (TPSA) is 37.3 Å². The molecule has 3 heteroatoms. The number of carboxylic acid groups (broad SMARTS) is 1. The Morgan fingerprint density at radius 1 is 1.00 bits per heavy atom. The summed E-state index contributed by atoms with van der Waals surface area (Å²) in [6.07, 6.45) is 11.8. The van der Waals surface area contributed by atoms with Gasteiger partial charge in [-0.2, -0.15) is 0 Å². The first-order valence-electron chi connectivity index (χ1n) is 6.55. The number of alkyl halides is 1. The zero-order valence-corrected chi connectivity index (χ0v) is 11.1. The molecule has 0 amide bonds. The first kappa shape index (κ1) is 15.8. The van der Waals surface area contributed by atoms with E-state index in [1.165, 1.54) is 44.9 Å². The maximum Gasteiger partial charge on any atom is 0.321 e. The van der Waals surface area contributed by atoms with E-state index in [9.17, 15) is 4.79 Å². The third kappa shape index (κ3) is 10.3. The minimum Gasteiger partial charge on any atom is -0.480 e. The van der Waals surface area contributed by atoms with Crippen molar-refractivity contribution in [2.45, 2.75) is 76.5 Å². The molecule has 0 aromatic rings. The predicted octanol–water partition coefficient (Wildman–Crippen LogP) is 4.60. The van der Waals surface area contributed by atoms with Crippen molar-refractivity contribution in [2.75, 3.05) is 0 Å². The van der Waals surface area contributed by atoms with Crippen molar-refractivity contribution < 1.29 is 9.90 Å². The number of carbonyl (C=O) groups is 1. The molecule has 16 heavy (non-hydrogen) atoms. The molecule has 0 rings (SSSR count). The van der Waals surface area contributed by atoms with E-state index < -0.39 is 11.3 Å². The van der Waals surface area contributed by atoms with Crippen molar-refractivity contribution >= 4 is 17.6 Å². The van der Waals surface area contributed by atoms with E-state index in [0.717, 1.165) is 12.8 Å². The molecule has 0 saturated heterocycles. The molecule has 0 spiro atoms. The van der Waals surface area contributed by atoms with Crippen LogP contribution in [0.2, 0.25) is 0 Å². The molecule has 2 nitrogen and oxygen atoms in total. The number of aliphatic carboxylic acids is 1. The number of rotatable bonds is 11. The summed E-state index contributed by atoms with van der Waals surface area (Å²) in [6, 6.07) is 0. The molecule has 0 aromatic carbocycles. The largest absolute Gasteiger partial charge is 0.480 e. The minimum atomic E-state index is -0.888. The molecule has 1 N–H and O–H groups in total. The summed E-state index contributed by atoms with van der Waals surface area (Å²) in [5.74, 6) is -0.888. The number of carboxylic acids is 1. The Balaban J connectivity index is 3.07. The van der Waals surface area contributed by atoms with Crippen LogP contribution in [0.4, 0.5) is 0 Å². The summed E-state index contributed by atoms with van der Waals surface area (Å²) in [5.41, 5.74) is 0. The molecule has 0 radical (unpaired) electrons. The predicted molar refractivity (Wildman–Crippen MR) is 69.1 cm³/mol. The van der Waals surface area contributed by atoms with Crippen LogP contribution in [-0.2, 0) is 4.79 Å². The maximum atomic E-state index is 10.4. The molecule has 0 bridgehead atoms. The van der Waals surface area contributed by atoms with Crippen LogP contribution in [0.25, 0.3) is 0 Å². The van der Waals surface area contributed by atoms with Gasteiger partial charge in [0.15, 0.2) is 0 Å². The van der Waals surface area contributed by atoms with Crippen LogP contribution in [-0.4, -0.2) is 16.5 Å². The van der Waals surface area contributed by atoms with Crippen molar-refractivity contribution in [2.24, 2.45) is 0 Å². The summed E-state index contributed by atoms with van der Waals surface area (Å²) >= 11 is 5.61. The van der Waals surface area contributed by atoms with Gasteiger partial charge in [-0.05, 0) is 6.42 Å². The van der Waals surface area contributed by atoms with Gasteiger partial charge in [0.25, 0.3) is 0 Å². The van der Waals surface area contributed by atoms with Crippen LogP contribution in [0.5, 0.6) is 0 Å². The highest BCUT2D eigenvalue weighted by atomic mass is 35.5. The first-order valence-corrected chi connectivity index (χ1v) is 6.99. The number of hydrogen-bond acceptors (Lipinski definition) is 1. The SMILES string of the molecule is CCCCCCCCCCCC(Cl)C(=O)O. The van der Waals surface area contributed by atoms with Crippen LogP contribution in [0, 0.1) is 0 Å². The van der Waals surface area contributed by atoms with Gasteiger partial charge in [0, 0.05) is 0 Å². The molecular formula is C13H25ClO2. The standard InChI is InChI=1S/C13H25ClO2/c1-2-3-4-5-6-7-8-9-10-11-12(14)13(15)16/h12H,2-11H2,1H3,(H,15,16). The highest BCUT2D eigenvalue weighted by Gasteiger charge is 2.11. The Morgan fingerprint density at radius 2 is 1.44 bits per heavy atom. The molecule has 1 unspecified atom stereocenters. The summed E-state index contributed by atoms with van der Waals surface area (Å²) in [7, 11) is 0. The molecule has 0 aliphatic rings. The van der Waals surface area contributed by atoms with Crippen molar-refractivity contribution in [1.82, 2.24) is 0 Å². The van der Waals surface area contributed by atoms with Crippen molar-refractivity contribution in [1.29, 1.82) is 0 Å². The van der Waals surface area contributed by atoms with E-state index in [1.807, 2.05) is 0 Å². The van der Waals surface area contributed by atoms with Gasteiger partial charge in [-0.3, -0.25) is 4.79 Å². The molecule has 0 aliphatic carbocycles. The molecule has 1 atom stereocenters. The van der Waals surface area contributed by atoms with E-state index in [1.54, 1.807) is 0 Å². The first-order chi connectivity index (χ1) is 7.68. The van der Waals surface area contributed by atoms with E-state index in [-0.39, 0.29) is 0 Å². The average molecular weight is 249 g/mol. The highest BCUT2D eigenvalue weighted by Crippen LogP contribution is 2.13. The normalized spacial score (nSPS) is 12.6. The second-order valence-electron chi connectivity index (χ2n) is 4.42. The quantitative estimate of drug-likeness (QED) is 0.429. The maximum absolute atomic E-state index is 10.4. The van der Waals surface area contributed by atoms with Gasteiger partial charge in [0.2, 0.25) is 0 Å². The van der Waals surface area contributed by atoms with E-state index in [4.69, 9.17) is 16.7 Å². The molecule has 0 aromatic heterocycles. The number of hydrogen-bond donors (Lipinski definition) is 1. The van der Waals surface area contributed by atoms with Gasteiger partial charge in [-0.1, -0.05) is 64.7 Å². The number of halogens is 1. The average Bonchev–Trinajstić information content (AvgIpc) is 2.26. The highest BCUT2D eigenvalue weighted by molar-refractivity contribution is 6.29. The lowest BCUT2D eigenvalue weighted by Crippen LogP contribution is -2.12. The summed E-state index contributed by atoms with van der Waals surface area (Å²) in [5, 5.41) is 7.88. The van der Waals surface area contributed by atoms with Crippen LogP contribution in [0.3, 0.4) is 0 Å². The molecule has 96 valence electrons. The zero-order chi connectivity index (χ0) is 12.2. The van der Waals surface area contributed by atoms with Crippen molar-refractivity contribution in [3.05, 3.63) is 0 Å². The Morgan fingerprint density at radius 3 is 1.88 bits per heavy atom. The minimum absolute atomic E-state index is 0.604. The van der Waals surface area contributed by atoms with Gasteiger partial charge >= 0.3 is 5.97 Å². The molecular weight excluding hydrogens is 224 g/mol. The molecule has 0 fully saturated rings. The Hall–Kier alpha value is -0.240. The second-order valence-corrected chi connectivity index (χ2v) is 4.95. The fraction of sp³-hybridized carbons (Fsp3) is 0.923. The van der Waals surface area contributed by atoms with E-state index in [2.05, 4.69) is 6.92 Å². The fourth-order valence-electron chi connectivity index (χ4n) is 1.76. The second kappa shape index (κ2) is 11.3. The van der Waals surface area contributed by atoms with Gasteiger partial charge in [-0.15, -0.1) is 11.6 Å². The molecule has 0 saturated carbocycles. The van der Waals surface area contributed by atoms with E-state index >= 15 is 0 Å². The van der Waals surface area contributed by atoms with Gasteiger partial charge in [0.05, 0.1) is 0 Å². The lowest BCUT2D eigenvalue weighted by Gasteiger charge is -2.04. The van der Waals surface area contributed by atoms with Crippen molar-refractivity contribution in [3.8, 4) is 0 Å². The Labute approximate surface area is 104 Å². The third-order valence-corrected chi connectivity index (χ3v) is 3.23. The smallest absolute Gasteiger partial charge is 0.321 e. The monoisotopic (exact) mass is 248 g/mol. The van der Waals surface area contributed by atoms with Crippen LogP contribution in [0.15, 0.2) is 0 Å². The zero-order valence-electron chi connectivity index (χ0n) is 10.4. The Bertz CT molecular complexity index is 171.